The Morgan fingerprint density at radius 3 is 2.85 bits per heavy atom. The van der Waals surface area contributed by atoms with Gasteiger partial charge in [0.2, 0.25) is 0 Å². The van der Waals surface area contributed by atoms with Crippen LogP contribution in [-0.4, -0.2) is 19.6 Å². The van der Waals surface area contributed by atoms with E-state index < -0.39 is 0 Å². The molecule has 1 aromatic heterocycles. The summed E-state index contributed by atoms with van der Waals surface area (Å²) in [6, 6.07) is 10.4. The first-order valence-electron chi connectivity index (χ1n) is 7.03. The second kappa shape index (κ2) is 6.61. The molecule has 1 N–H and O–H groups in total. The fourth-order valence-corrected chi connectivity index (χ4v) is 3.49. The van der Waals surface area contributed by atoms with Crippen LogP contribution < -0.4 is 10.2 Å². The molecular weight excluding hydrogens is 288 g/mol. The van der Waals surface area contributed by atoms with E-state index in [1.165, 1.54) is 17.7 Å². The Kier molecular flexibility index (Phi) is 4.61. The molecule has 1 saturated heterocycles. The lowest BCUT2D eigenvalue weighted by molar-refractivity contribution is 0.517. The molecule has 2 nitrogen and oxygen atoms in total. The summed E-state index contributed by atoms with van der Waals surface area (Å²) in [5.74, 6) is 0.740. The second-order valence-corrected chi connectivity index (χ2v) is 6.56. The van der Waals surface area contributed by atoms with Crippen molar-refractivity contribution >= 4 is 28.6 Å². The van der Waals surface area contributed by atoms with Crippen LogP contribution in [0.1, 0.15) is 12.0 Å². The maximum absolute atomic E-state index is 5.94. The van der Waals surface area contributed by atoms with Crippen LogP contribution in [0, 0.1) is 5.92 Å². The SMILES string of the molecule is Clc1ccc(N2CCC(CNCc3ccsc3)C2)cc1. The molecule has 20 heavy (non-hydrogen) atoms. The van der Waals surface area contributed by atoms with Crippen LogP contribution in [0.3, 0.4) is 0 Å². The first-order chi connectivity index (χ1) is 9.81. The summed E-state index contributed by atoms with van der Waals surface area (Å²) >= 11 is 7.70. The largest absolute Gasteiger partial charge is 0.371 e. The molecule has 2 aromatic rings. The Bertz CT molecular complexity index is 524. The van der Waals surface area contributed by atoms with Crippen molar-refractivity contribution in [2.24, 2.45) is 5.92 Å². The first-order valence-corrected chi connectivity index (χ1v) is 8.35. The van der Waals surface area contributed by atoms with E-state index in [1.54, 1.807) is 11.3 Å². The quantitative estimate of drug-likeness (QED) is 0.897. The summed E-state index contributed by atoms with van der Waals surface area (Å²) in [4.78, 5) is 2.45. The first kappa shape index (κ1) is 13.9. The van der Waals surface area contributed by atoms with Gasteiger partial charge < -0.3 is 10.2 Å². The summed E-state index contributed by atoms with van der Waals surface area (Å²) in [6.45, 7) is 4.37. The normalized spacial score (nSPS) is 18.6. The topological polar surface area (TPSA) is 15.3 Å². The van der Waals surface area contributed by atoms with Crippen LogP contribution in [0.4, 0.5) is 5.69 Å². The van der Waals surface area contributed by atoms with Crippen LogP contribution in [0.15, 0.2) is 41.1 Å². The minimum absolute atomic E-state index is 0.740. The number of nitrogens with zero attached hydrogens (tertiary/aromatic N) is 1. The predicted molar refractivity (Wildman–Crippen MR) is 87.8 cm³/mol. The smallest absolute Gasteiger partial charge is 0.0407 e. The molecule has 0 radical (unpaired) electrons. The third kappa shape index (κ3) is 3.54. The molecule has 3 rings (SSSR count). The summed E-state index contributed by atoms with van der Waals surface area (Å²) in [5, 5.41) is 8.72. The standard InChI is InChI=1S/C16H19ClN2S/c17-15-1-3-16(4-2-15)19-7-5-13(11-19)9-18-10-14-6-8-20-12-14/h1-4,6,8,12-13,18H,5,7,9-11H2. The third-order valence-corrected chi connectivity index (χ3v) is 4.80. The highest BCUT2D eigenvalue weighted by atomic mass is 35.5. The van der Waals surface area contributed by atoms with Gasteiger partial charge in [-0.25, -0.2) is 0 Å². The Morgan fingerprint density at radius 2 is 2.10 bits per heavy atom. The number of benzene rings is 1. The Hall–Kier alpha value is -1.03. The van der Waals surface area contributed by atoms with Crippen LogP contribution >= 0.6 is 22.9 Å². The van der Waals surface area contributed by atoms with E-state index >= 15 is 0 Å². The maximum Gasteiger partial charge on any atom is 0.0407 e. The molecule has 1 atom stereocenters. The lowest BCUT2D eigenvalue weighted by Gasteiger charge is -2.19. The van der Waals surface area contributed by atoms with Crippen molar-refractivity contribution in [1.29, 1.82) is 0 Å². The molecule has 4 heteroatoms. The second-order valence-electron chi connectivity index (χ2n) is 5.34. The van der Waals surface area contributed by atoms with Crippen LogP contribution in [0.25, 0.3) is 0 Å². The van der Waals surface area contributed by atoms with Gasteiger partial charge in [-0.1, -0.05) is 11.6 Å². The van der Waals surface area contributed by atoms with Gasteiger partial charge in [-0.05, 0) is 59.0 Å². The van der Waals surface area contributed by atoms with Gasteiger partial charge in [-0.15, -0.1) is 0 Å². The van der Waals surface area contributed by atoms with Gasteiger partial charge in [0, 0.05) is 36.9 Å². The van der Waals surface area contributed by atoms with E-state index in [2.05, 4.69) is 39.2 Å². The average molecular weight is 307 g/mol. The predicted octanol–water partition coefficient (Wildman–Crippen LogP) is 4.02. The molecule has 1 fully saturated rings. The van der Waals surface area contributed by atoms with E-state index in [9.17, 15) is 0 Å². The van der Waals surface area contributed by atoms with Gasteiger partial charge in [0.1, 0.15) is 0 Å². The number of nitrogens with one attached hydrogen (secondary N) is 1. The van der Waals surface area contributed by atoms with Crippen LogP contribution in [-0.2, 0) is 6.54 Å². The number of rotatable bonds is 5. The van der Waals surface area contributed by atoms with Gasteiger partial charge in [-0.2, -0.15) is 11.3 Å². The molecule has 0 bridgehead atoms. The molecule has 1 aromatic carbocycles. The van der Waals surface area contributed by atoms with Gasteiger partial charge in [0.25, 0.3) is 0 Å². The van der Waals surface area contributed by atoms with Crippen molar-refractivity contribution in [3.05, 3.63) is 51.7 Å². The molecule has 106 valence electrons. The number of thiophene rings is 1. The summed E-state index contributed by atoms with van der Waals surface area (Å²) in [5.41, 5.74) is 2.68. The fourth-order valence-electron chi connectivity index (χ4n) is 2.70. The van der Waals surface area contributed by atoms with Crippen molar-refractivity contribution in [2.45, 2.75) is 13.0 Å². The van der Waals surface area contributed by atoms with Crippen molar-refractivity contribution < 1.29 is 0 Å². The van der Waals surface area contributed by atoms with E-state index in [0.29, 0.717) is 0 Å². The van der Waals surface area contributed by atoms with Gasteiger partial charge in [-0.3, -0.25) is 0 Å². The average Bonchev–Trinajstić information content (AvgIpc) is 3.11. The lowest BCUT2D eigenvalue weighted by Crippen LogP contribution is -2.26. The van der Waals surface area contributed by atoms with Crippen LogP contribution in [0.5, 0.6) is 0 Å². The number of hydrogen-bond donors (Lipinski definition) is 1. The highest BCUT2D eigenvalue weighted by Crippen LogP contribution is 2.24. The zero-order valence-corrected chi connectivity index (χ0v) is 13.0. The summed E-state index contributed by atoms with van der Waals surface area (Å²) in [7, 11) is 0. The molecule has 0 spiro atoms. The van der Waals surface area contributed by atoms with E-state index in [-0.39, 0.29) is 0 Å². The molecule has 1 aliphatic heterocycles. The van der Waals surface area contributed by atoms with Crippen molar-refractivity contribution in [3.63, 3.8) is 0 Å². The zero-order chi connectivity index (χ0) is 13.8. The lowest BCUT2D eigenvalue weighted by atomic mass is 10.1. The maximum atomic E-state index is 5.94. The highest BCUT2D eigenvalue weighted by molar-refractivity contribution is 7.07. The fraction of sp³-hybridized carbons (Fsp3) is 0.375. The summed E-state index contributed by atoms with van der Waals surface area (Å²) < 4.78 is 0. The minimum Gasteiger partial charge on any atom is -0.371 e. The van der Waals surface area contributed by atoms with Crippen molar-refractivity contribution in [2.75, 3.05) is 24.5 Å². The molecule has 0 aliphatic carbocycles. The van der Waals surface area contributed by atoms with Crippen LogP contribution in [0.2, 0.25) is 5.02 Å². The van der Waals surface area contributed by atoms with Crippen molar-refractivity contribution in [1.82, 2.24) is 5.32 Å². The molecular formula is C16H19ClN2S. The molecule has 2 heterocycles. The van der Waals surface area contributed by atoms with Crippen molar-refractivity contribution in [3.8, 4) is 0 Å². The monoisotopic (exact) mass is 306 g/mol. The minimum atomic E-state index is 0.740. The highest BCUT2D eigenvalue weighted by Gasteiger charge is 2.22. The molecule has 1 aliphatic rings. The van der Waals surface area contributed by atoms with E-state index in [4.69, 9.17) is 11.6 Å². The third-order valence-electron chi connectivity index (χ3n) is 3.82. The van der Waals surface area contributed by atoms with Gasteiger partial charge >= 0.3 is 0 Å². The molecule has 1 unspecified atom stereocenters. The summed E-state index contributed by atoms with van der Waals surface area (Å²) in [6.07, 6.45) is 1.26. The molecule has 0 saturated carbocycles. The zero-order valence-electron chi connectivity index (χ0n) is 11.4. The Morgan fingerprint density at radius 1 is 1.25 bits per heavy atom. The number of hydrogen-bond acceptors (Lipinski definition) is 3. The van der Waals surface area contributed by atoms with E-state index in [1.807, 2.05) is 12.1 Å². The van der Waals surface area contributed by atoms with Gasteiger partial charge in [0.15, 0.2) is 0 Å². The molecule has 0 amide bonds. The van der Waals surface area contributed by atoms with Gasteiger partial charge in [0.05, 0.1) is 0 Å². The Labute approximate surface area is 129 Å². The number of anilines is 1. The van der Waals surface area contributed by atoms with E-state index in [0.717, 1.165) is 37.1 Å². The number of halogens is 1. The Balaban J connectivity index is 1.46.